The lowest BCUT2D eigenvalue weighted by Crippen LogP contribution is -2.38. The highest BCUT2D eigenvalue weighted by atomic mass is 16.3. The SMILES string of the molecule is CC(O)C(=O)NCC(C)(C)C#N. The van der Waals surface area contributed by atoms with Crippen LogP contribution in [0.1, 0.15) is 20.8 Å². The van der Waals surface area contributed by atoms with Crippen LogP contribution in [0.4, 0.5) is 0 Å². The minimum atomic E-state index is -1.01. The van der Waals surface area contributed by atoms with Crippen molar-refractivity contribution in [2.75, 3.05) is 6.54 Å². The fourth-order valence-electron chi connectivity index (χ4n) is 0.495. The second-order valence-electron chi connectivity index (χ2n) is 3.39. The first-order valence-electron chi connectivity index (χ1n) is 3.76. The molecule has 4 nitrogen and oxygen atoms in total. The number of nitriles is 1. The number of carbonyl (C=O) groups is 1. The van der Waals surface area contributed by atoms with E-state index in [9.17, 15) is 4.79 Å². The molecule has 1 unspecified atom stereocenters. The fraction of sp³-hybridized carbons (Fsp3) is 0.750. The lowest BCUT2D eigenvalue weighted by atomic mass is 9.96. The average molecular weight is 170 g/mol. The van der Waals surface area contributed by atoms with Gasteiger partial charge in [-0.15, -0.1) is 0 Å². The zero-order valence-electron chi connectivity index (χ0n) is 7.59. The molecule has 0 fully saturated rings. The van der Waals surface area contributed by atoms with Gasteiger partial charge in [-0.1, -0.05) is 0 Å². The number of aliphatic hydroxyl groups is 1. The second kappa shape index (κ2) is 4.07. The topological polar surface area (TPSA) is 73.1 Å². The molecule has 0 aliphatic heterocycles. The summed E-state index contributed by atoms with van der Waals surface area (Å²) in [6, 6.07) is 2.04. The van der Waals surface area contributed by atoms with Crippen molar-refractivity contribution in [3.8, 4) is 6.07 Å². The molecule has 0 aromatic carbocycles. The maximum Gasteiger partial charge on any atom is 0.248 e. The van der Waals surface area contributed by atoms with Crippen molar-refractivity contribution >= 4 is 5.91 Å². The molecule has 0 spiro atoms. The van der Waals surface area contributed by atoms with Crippen LogP contribution in [0.5, 0.6) is 0 Å². The summed E-state index contributed by atoms with van der Waals surface area (Å²) >= 11 is 0. The van der Waals surface area contributed by atoms with Crippen LogP contribution in [0.3, 0.4) is 0 Å². The highest BCUT2D eigenvalue weighted by molar-refractivity contribution is 5.80. The third kappa shape index (κ3) is 3.94. The Morgan fingerprint density at radius 3 is 2.58 bits per heavy atom. The number of amides is 1. The van der Waals surface area contributed by atoms with E-state index >= 15 is 0 Å². The molecule has 0 radical (unpaired) electrons. The van der Waals surface area contributed by atoms with Gasteiger partial charge in [-0.05, 0) is 20.8 Å². The Kier molecular flexibility index (Phi) is 3.71. The summed E-state index contributed by atoms with van der Waals surface area (Å²) in [4.78, 5) is 10.8. The molecule has 0 aromatic rings. The van der Waals surface area contributed by atoms with Crippen LogP contribution < -0.4 is 5.32 Å². The molecule has 0 aliphatic carbocycles. The number of nitrogens with zero attached hydrogens (tertiary/aromatic N) is 1. The van der Waals surface area contributed by atoms with Gasteiger partial charge in [0.1, 0.15) is 6.10 Å². The predicted octanol–water partition coefficient (Wildman–Crippen LogP) is 0.0332. The summed E-state index contributed by atoms with van der Waals surface area (Å²) in [5.74, 6) is -0.446. The Morgan fingerprint density at radius 1 is 1.75 bits per heavy atom. The molecule has 2 N–H and O–H groups in total. The van der Waals surface area contributed by atoms with Crippen LogP contribution in [-0.2, 0) is 4.79 Å². The van der Waals surface area contributed by atoms with Gasteiger partial charge in [0.2, 0.25) is 5.91 Å². The maximum atomic E-state index is 10.8. The molecular formula is C8H14N2O2. The molecule has 1 amide bonds. The molecular weight excluding hydrogens is 156 g/mol. The van der Waals surface area contributed by atoms with E-state index in [1.54, 1.807) is 13.8 Å². The van der Waals surface area contributed by atoms with Crippen molar-refractivity contribution < 1.29 is 9.90 Å². The summed E-state index contributed by atoms with van der Waals surface area (Å²) in [6.45, 7) is 5.08. The van der Waals surface area contributed by atoms with Crippen molar-refractivity contribution in [1.82, 2.24) is 5.32 Å². The fourth-order valence-corrected chi connectivity index (χ4v) is 0.495. The molecule has 1 atom stereocenters. The minimum absolute atomic E-state index is 0.257. The molecule has 0 heterocycles. The second-order valence-corrected chi connectivity index (χ2v) is 3.39. The molecule has 0 rings (SSSR count). The largest absolute Gasteiger partial charge is 0.384 e. The van der Waals surface area contributed by atoms with Crippen LogP contribution in [0.15, 0.2) is 0 Å². The van der Waals surface area contributed by atoms with Gasteiger partial charge in [0, 0.05) is 6.54 Å². The Balaban J connectivity index is 3.86. The van der Waals surface area contributed by atoms with Gasteiger partial charge in [0.25, 0.3) is 0 Å². The van der Waals surface area contributed by atoms with E-state index in [0.29, 0.717) is 0 Å². The molecule has 0 aliphatic rings. The van der Waals surface area contributed by atoms with Crippen molar-refractivity contribution in [1.29, 1.82) is 5.26 Å². The Labute approximate surface area is 72.2 Å². The van der Waals surface area contributed by atoms with Crippen LogP contribution in [0, 0.1) is 16.7 Å². The zero-order chi connectivity index (χ0) is 9.78. The first-order chi connectivity index (χ1) is 5.39. The van der Waals surface area contributed by atoms with Gasteiger partial charge >= 0.3 is 0 Å². The predicted molar refractivity (Wildman–Crippen MR) is 44.1 cm³/mol. The number of rotatable bonds is 3. The third-order valence-electron chi connectivity index (χ3n) is 1.39. The molecule has 68 valence electrons. The number of aliphatic hydroxyl groups excluding tert-OH is 1. The van der Waals surface area contributed by atoms with E-state index in [2.05, 4.69) is 5.32 Å². The zero-order valence-corrected chi connectivity index (χ0v) is 7.59. The first kappa shape index (κ1) is 10.9. The molecule has 12 heavy (non-hydrogen) atoms. The molecule has 0 bridgehead atoms. The lowest BCUT2D eigenvalue weighted by Gasteiger charge is -2.16. The van der Waals surface area contributed by atoms with Crippen LogP contribution >= 0.6 is 0 Å². The van der Waals surface area contributed by atoms with Gasteiger partial charge in [-0.3, -0.25) is 4.79 Å². The quantitative estimate of drug-likeness (QED) is 0.627. The smallest absolute Gasteiger partial charge is 0.248 e. The summed E-state index contributed by atoms with van der Waals surface area (Å²) in [5.41, 5.74) is -0.579. The number of nitrogens with one attached hydrogen (secondary N) is 1. The Morgan fingerprint density at radius 2 is 2.25 bits per heavy atom. The Bertz CT molecular complexity index is 204. The highest BCUT2D eigenvalue weighted by Crippen LogP contribution is 2.10. The van der Waals surface area contributed by atoms with Crippen molar-refractivity contribution in [2.24, 2.45) is 5.41 Å². The van der Waals surface area contributed by atoms with Crippen LogP contribution in [0.25, 0.3) is 0 Å². The van der Waals surface area contributed by atoms with Crippen molar-refractivity contribution in [2.45, 2.75) is 26.9 Å². The maximum absolute atomic E-state index is 10.8. The van der Waals surface area contributed by atoms with E-state index in [1.807, 2.05) is 6.07 Å². The lowest BCUT2D eigenvalue weighted by molar-refractivity contribution is -0.128. The standard InChI is InChI=1S/C8H14N2O2/c1-6(11)7(12)10-5-8(2,3)4-9/h6,11H,5H2,1-3H3,(H,10,12). The van der Waals surface area contributed by atoms with E-state index < -0.39 is 17.4 Å². The van der Waals surface area contributed by atoms with Crippen molar-refractivity contribution in [3.63, 3.8) is 0 Å². The summed E-state index contributed by atoms with van der Waals surface area (Å²) < 4.78 is 0. The number of hydrogen-bond donors (Lipinski definition) is 2. The van der Waals surface area contributed by atoms with Gasteiger partial charge in [0.15, 0.2) is 0 Å². The molecule has 0 saturated heterocycles. The number of carbonyl (C=O) groups excluding carboxylic acids is 1. The molecule has 4 heteroatoms. The highest BCUT2D eigenvalue weighted by Gasteiger charge is 2.18. The summed E-state index contributed by atoms with van der Waals surface area (Å²) in [5, 5.41) is 19.8. The number of hydrogen-bond acceptors (Lipinski definition) is 3. The molecule has 0 saturated carbocycles. The van der Waals surface area contributed by atoms with Crippen LogP contribution in [0.2, 0.25) is 0 Å². The van der Waals surface area contributed by atoms with E-state index in [4.69, 9.17) is 10.4 Å². The van der Waals surface area contributed by atoms with Crippen LogP contribution in [-0.4, -0.2) is 23.7 Å². The third-order valence-corrected chi connectivity index (χ3v) is 1.39. The normalized spacial score (nSPS) is 13.2. The van der Waals surface area contributed by atoms with Gasteiger partial charge in [-0.2, -0.15) is 5.26 Å². The summed E-state index contributed by atoms with van der Waals surface area (Å²) in [7, 11) is 0. The average Bonchev–Trinajstić information content (AvgIpc) is 2.00. The van der Waals surface area contributed by atoms with Gasteiger partial charge in [-0.25, -0.2) is 0 Å². The van der Waals surface area contributed by atoms with Gasteiger partial charge in [0.05, 0.1) is 11.5 Å². The van der Waals surface area contributed by atoms with E-state index in [0.717, 1.165) is 0 Å². The van der Waals surface area contributed by atoms with E-state index in [1.165, 1.54) is 6.92 Å². The molecule has 0 aromatic heterocycles. The Hall–Kier alpha value is -1.08. The first-order valence-corrected chi connectivity index (χ1v) is 3.76. The monoisotopic (exact) mass is 170 g/mol. The van der Waals surface area contributed by atoms with Gasteiger partial charge < -0.3 is 10.4 Å². The van der Waals surface area contributed by atoms with Crippen molar-refractivity contribution in [3.05, 3.63) is 0 Å². The van der Waals surface area contributed by atoms with E-state index in [-0.39, 0.29) is 6.54 Å². The summed E-state index contributed by atoms with van der Waals surface area (Å²) in [6.07, 6.45) is -1.01. The minimum Gasteiger partial charge on any atom is -0.384 e.